The maximum absolute atomic E-state index is 12.5. The smallest absolute Gasteiger partial charge is 0.328 e. The van der Waals surface area contributed by atoms with Gasteiger partial charge in [-0.1, -0.05) is 30.3 Å². The summed E-state index contributed by atoms with van der Waals surface area (Å²) >= 11 is 0. The van der Waals surface area contributed by atoms with Crippen molar-refractivity contribution in [2.75, 3.05) is 38.3 Å². The number of hydrogen-bond acceptors (Lipinski definition) is 7. The van der Waals surface area contributed by atoms with Gasteiger partial charge in [-0.25, -0.2) is 9.48 Å². The molecule has 1 atom stereocenters. The minimum atomic E-state index is -0.854. The summed E-state index contributed by atoms with van der Waals surface area (Å²) in [6.45, 7) is 2.21. The predicted molar refractivity (Wildman–Crippen MR) is 106 cm³/mol. The summed E-state index contributed by atoms with van der Waals surface area (Å²) in [6.07, 6.45) is 0.287. The number of rotatable bonds is 7. The number of ether oxygens (including phenoxy) is 2. The first-order valence-corrected chi connectivity index (χ1v) is 9.39. The Morgan fingerprint density at radius 1 is 1.17 bits per heavy atom. The molecule has 1 N–H and O–H groups in total. The van der Waals surface area contributed by atoms with E-state index in [1.165, 1.54) is 13.2 Å². The highest BCUT2D eigenvalue weighted by Gasteiger charge is 2.22. The van der Waals surface area contributed by atoms with Crippen molar-refractivity contribution in [3.63, 3.8) is 0 Å². The number of methoxy groups -OCH3 is 1. The number of carbonyl (C=O) groups excluding carboxylic acids is 2. The molecule has 9 heteroatoms. The second kappa shape index (κ2) is 9.83. The second-order valence-electron chi connectivity index (χ2n) is 6.62. The van der Waals surface area contributed by atoms with E-state index in [-0.39, 0.29) is 13.0 Å². The van der Waals surface area contributed by atoms with Crippen LogP contribution in [0.4, 0.5) is 5.82 Å². The molecule has 1 fully saturated rings. The van der Waals surface area contributed by atoms with Crippen LogP contribution in [0.5, 0.6) is 0 Å². The quantitative estimate of drug-likeness (QED) is 0.652. The Labute approximate surface area is 168 Å². The largest absolute Gasteiger partial charge is 0.467 e. The molecule has 0 bridgehead atoms. The van der Waals surface area contributed by atoms with Crippen molar-refractivity contribution in [2.45, 2.75) is 19.0 Å². The van der Waals surface area contributed by atoms with Crippen molar-refractivity contribution in [1.29, 1.82) is 0 Å². The standard InChI is InChI=1S/C20H24N4O5/c1-28-20(27)16(13-15-5-3-2-4-6-15)21-18(25)14-24-19(26)8-7-17(22-24)23-9-11-29-12-10-23/h2-8,16H,9-14H2,1H3,(H,21,25)/t16-/m0/s1. The van der Waals surface area contributed by atoms with E-state index in [0.29, 0.717) is 32.1 Å². The third kappa shape index (κ3) is 5.64. The van der Waals surface area contributed by atoms with Crippen LogP contribution in [0, 0.1) is 0 Å². The fourth-order valence-corrected chi connectivity index (χ4v) is 3.07. The molecule has 0 radical (unpaired) electrons. The molecule has 1 aliphatic rings. The highest BCUT2D eigenvalue weighted by atomic mass is 16.5. The molecule has 2 heterocycles. The molecule has 29 heavy (non-hydrogen) atoms. The van der Waals surface area contributed by atoms with Gasteiger partial charge in [0.2, 0.25) is 5.91 Å². The number of anilines is 1. The maximum atomic E-state index is 12.5. The first-order chi connectivity index (χ1) is 14.1. The van der Waals surface area contributed by atoms with Gasteiger partial charge in [0.1, 0.15) is 18.4 Å². The zero-order valence-electron chi connectivity index (χ0n) is 16.2. The Hall–Kier alpha value is -3.20. The van der Waals surface area contributed by atoms with E-state index in [4.69, 9.17) is 9.47 Å². The van der Waals surface area contributed by atoms with E-state index in [1.54, 1.807) is 6.07 Å². The van der Waals surface area contributed by atoms with Crippen molar-refractivity contribution >= 4 is 17.7 Å². The number of morpholine rings is 1. The summed E-state index contributed by atoms with van der Waals surface area (Å²) in [4.78, 5) is 38.7. The molecule has 2 aromatic rings. The lowest BCUT2D eigenvalue weighted by atomic mass is 10.1. The van der Waals surface area contributed by atoms with Crippen molar-refractivity contribution in [3.8, 4) is 0 Å². The molecule has 1 aromatic heterocycles. The summed E-state index contributed by atoms with van der Waals surface area (Å²) in [5, 5.41) is 6.93. The molecule has 9 nitrogen and oxygen atoms in total. The Bertz CT molecular complexity index is 893. The summed E-state index contributed by atoms with van der Waals surface area (Å²) in [5.41, 5.74) is 0.489. The number of nitrogens with zero attached hydrogens (tertiary/aromatic N) is 3. The fraction of sp³-hybridized carbons (Fsp3) is 0.400. The average molecular weight is 400 g/mol. The van der Waals surface area contributed by atoms with Crippen LogP contribution in [-0.2, 0) is 32.0 Å². The molecule has 154 valence electrons. The van der Waals surface area contributed by atoms with Crippen molar-refractivity contribution < 1.29 is 19.1 Å². The number of esters is 1. The van der Waals surface area contributed by atoms with Gasteiger partial charge in [0.25, 0.3) is 5.56 Å². The van der Waals surface area contributed by atoms with Gasteiger partial charge < -0.3 is 19.7 Å². The fourth-order valence-electron chi connectivity index (χ4n) is 3.07. The SMILES string of the molecule is COC(=O)[C@H](Cc1ccccc1)NC(=O)Cn1nc(N2CCOCC2)ccc1=O. The van der Waals surface area contributed by atoms with Crippen LogP contribution in [0.2, 0.25) is 0 Å². The van der Waals surface area contributed by atoms with Crippen LogP contribution in [0.15, 0.2) is 47.3 Å². The first-order valence-electron chi connectivity index (χ1n) is 9.39. The number of nitrogens with one attached hydrogen (secondary N) is 1. The van der Waals surface area contributed by atoms with E-state index >= 15 is 0 Å². The van der Waals surface area contributed by atoms with E-state index in [0.717, 1.165) is 10.2 Å². The van der Waals surface area contributed by atoms with Crippen LogP contribution in [0.1, 0.15) is 5.56 Å². The molecule has 1 amide bonds. The molecule has 0 unspecified atom stereocenters. The summed E-state index contributed by atoms with van der Waals surface area (Å²) in [6, 6.07) is 11.5. The average Bonchev–Trinajstić information content (AvgIpc) is 2.75. The van der Waals surface area contributed by atoms with Gasteiger partial charge in [0.05, 0.1) is 20.3 Å². The minimum absolute atomic E-state index is 0.287. The highest BCUT2D eigenvalue weighted by molar-refractivity contribution is 5.84. The molecule has 0 aliphatic carbocycles. The minimum Gasteiger partial charge on any atom is -0.467 e. The van der Waals surface area contributed by atoms with Crippen LogP contribution < -0.4 is 15.8 Å². The lowest BCUT2D eigenvalue weighted by Gasteiger charge is -2.27. The third-order valence-corrected chi connectivity index (χ3v) is 4.58. The van der Waals surface area contributed by atoms with Crippen LogP contribution in [0.3, 0.4) is 0 Å². The number of carbonyl (C=O) groups is 2. The van der Waals surface area contributed by atoms with Crippen molar-refractivity contribution in [2.24, 2.45) is 0 Å². The third-order valence-electron chi connectivity index (χ3n) is 4.58. The predicted octanol–water partition coefficient (Wildman–Crippen LogP) is -0.0196. The topological polar surface area (TPSA) is 103 Å². The summed E-state index contributed by atoms with van der Waals surface area (Å²) in [7, 11) is 1.27. The number of aromatic nitrogens is 2. The number of amides is 1. The normalized spacial score (nSPS) is 14.9. The second-order valence-corrected chi connectivity index (χ2v) is 6.62. The molecule has 0 spiro atoms. The van der Waals surface area contributed by atoms with E-state index in [9.17, 15) is 14.4 Å². The summed E-state index contributed by atoms with van der Waals surface area (Å²) in [5.74, 6) is -0.441. The van der Waals surface area contributed by atoms with Crippen LogP contribution in [-0.4, -0.2) is 61.1 Å². The highest BCUT2D eigenvalue weighted by Crippen LogP contribution is 2.10. The molecular weight excluding hydrogens is 376 g/mol. The monoisotopic (exact) mass is 400 g/mol. The Kier molecular flexibility index (Phi) is 6.96. The van der Waals surface area contributed by atoms with Gasteiger partial charge in [-0.15, -0.1) is 0 Å². The lowest BCUT2D eigenvalue weighted by Crippen LogP contribution is -2.45. The molecule has 1 aliphatic heterocycles. The molecular formula is C20H24N4O5. The summed E-state index contributed by atoms with van der Waals surface area (Å²) < 4.78 is 11.2. The Balaban J connectivity index is 1.69. The molecule has 1 saturated heterocycles. The van der Waals surface area contributed by atoms with Gasteiger partial charge in [0.15, 0.2) is 0 Å². The number of hydrogen-bond donors (Lipinski definition) is 1. The van der Waals surface area contributed by atoms with Crippen molar-refractivity contribution in [1.82, 2.24) is 15.1 Å². The lowest BCUT2D eigenvalue weighted by molar-refractivity contribution is -0.145. The van der Waals surface area contributed by atoms with Gasteiger partial charge in [-0.05, 0) is 11.6 Å². The molecule has 1 aromatic carbocycles. The van der Waals surface area contributed by atoms with E-state index < -0.39 is 23.5 Å². The zero-order valence-corrected chi connectivity index (χ0v) is 16.2. The van der Waals surface area contributed by atoms with Crippen LogP contribution in [0.25, 0.3) is 0 Å². The van der Waals surface area contributed by atoms with Gasteiger partial charge in [-0.3, -0.25) is 9.59 Å². The van der Waals surface area contributed by atoms with Crippen LogP contribution >= 0.6 is 0 Å². The van der Waals surface area contributed by atoms with Crippen molar-refractivity contribution in [3.05, 3.63) is 58.4 Å². The molecule has 3 rings (SSSR count). The zero-order chi connectivity index (χ0) is 20.6. The first kappa shape index (κ1) is 20.5. The van der Waals surface area contributed by atoms with E-state index in [2.05, 4.69) is 10.4 Å². The Morgan fingerprint density at radius 2 is 1.90 bits per heavy atom. The maximum Gasteiger partial charge on any atom is 0.328 e. The van der Waals surface area contributed by atoms with Gasteiger partial charge in [-0.2, -0.15) is 5.10 Å². The Morgan fingerprint density at radius 3 is 2.59 bits per heavy atom. The van der Waals surface area contributed by atoms with E-state index in [1.807, 2.05) is 35.2 Å². The number of benzene rings is 1. The molecule has 0 saturated carbocycles. The van der Waals surface area contributed by atoms with Gasteiger partial charge in [0, 0.05) is 25.6 Å². The van der Waals surface area contributed by atoms with Gasteiger partial charge >= 0.3 is 5.97 Å².